The van der Waals surface area contributed by atoms with Crippen LogP contribution in [-0.2, 0) is 0 Å². The predicted molar refractivity (Wildman–Crippen MR) is 86.8 cm³/mol. The number of aryl methyl sites for hydroxylation is 2. The van der Waals surface area contributed by atoms with Crippen molar-refractivity contribution in [1.29, 1.82) is 0 Å². The lowest BCUT2D eigenvalue weighted by Crippen LogP contribution is -2.29. The van der Waals surface area contributed by atoms with Crippen molar-refractivity contribution in [2.45, 2.75) is 19.9 Å². The van der Waals surface area contributed by atoms with E-state index in [2.05, 4.69) is 54.6 Å². The smallest absolute Gasteiger partial charge is 0.0733 e. The molecule has 0 fully saturated rings. The number of fused-ring (bicyclic) bond motifs is 1. The highest BCUT2D eigenvalue weighted by Gasteiger charge is 2.17. The standard InChI is InChI=1S/C18H19N3/c1-12-7-8-15(13(2)9-12)18(21-19)17-11-20-10-14-5-3-4-6-16(14)17/h3-11,18,21H,19H2,1-2H3. The predicted octanol–water partition coefficient (Wildman–Crippen LogP) is 3.40. The summed E-state index contributed by atoms with van der Waals surface area (Å²) in [4.78, 5) is 4.36. The Morgan fingerprint density at radius 1 is 1.00 bits per heavy atom. The Morgan fingerprint density at radius 3 is 2.57 bits per heavy atom. The van der Waals surface area contributed by atoms with Gasteiger partial charge in [-0.05, 0) is 30.4 Å². The molecule has 106 valence electrons. The van der Waals surface area contributed by atoms with Crippen molar-refractivity contribution in [3.05, 3.63) is 77.1 Å². The lowest BCUT2D eigenvalue weighted by molar-refractivity contribution is 0.635. The topological polar surface area (TPSA) is 50.9 Å². The SMILES string of the molecule is Cc1ccc(C(NN)c2cncc3ccccc23)c(C)c1. The highest BCUT2D eigenvalue weighted by atomic mass is 15.2. The molecule has 0 radical (unpaired) electrons. The van der Waals surface area contributed by atoms with Gasteiger partial charge in [0.2, 0.25) is 0 Å². The average Bonchev–Trinajstić information content (AvgIpc) is 2.50. The van der Waals surface area contributed by atoms with Crippen LogP contribution in [0.2, 0.25) is 0 Å². The van der Waals surface area contributed by atoms with Gasteiger partial charge in [-0.3, -0.25) is 10.8 Å². The molecule has 1 unspecified atom stereocenters. The van der Waals surface area contributed by atoms with Crippen molar-refractivity contribution in [3.8, 4) is 0 Å². The number of benzene rings is 2. The monoisotopic (exact) mass is 277 g/mol. The van der Waals surface area contributed by atoms with Gasteiger partial charge in [-0.25, -0.2) is 5.43 Å². The summed E-state index contributed by atoms with van der Waals surface area (Å²) in [6.45, 7) is 4.21. The maximum absolute atomic E-state index is 5.86. The minimum absolute atomic E-state index is 0.0656. The summed E-state index contributed by atoms with van der Waals surface area (Å²) in [6, 6.07) is 14.6. The van der Waals surface area contributed by atoms with Crippen LogP contribution in [0.4, 0.5) is 0 Å². The molecule has 0 bridgehead atoms. The number of aromatic nitrogens is 1. The first-order chi connectivity index (χ1) is 10.2. The van der Waals surface area contributed by atoms with Crippen LogP contribution in [0, 0.1) is 13.8 Å². The minimum Gasteiger partial charge on any atom is -0.271 e. The first-order valence-electron chi connectivity index (χ1n) is 7.06. The third-order valence-corrected chi connectivity index (χ3v) is 3.91. The highest BCUT2D eigenvalue weighted by Crippen LogP contribution is 2.29. The summed E-state index contributed by atoms with van der Waals surface area (Å²) in [6.07, 6.45) is 3.78. The molecular weight excluding hydrogens is 258 g/mol. The molecule has 0 saturated carbocycles. The molecule has 3 aromatic rings. The Hall–Kier alpha value is -2.23. The van der Waals surface area contributed by atoms with Crippen molar-refractivity contribution in [2.75, 3.05) is 0 Å². The van der Waals surface area contributed by atoms with E-state index >= 15 is 0 Å². The molecule has 0 aliphatic rings. The number of hydrogen-bond donors (Lipinski definition) is 2. The number of nitrogens with zero attached hydrogens (tertiary/aromatic N) is 1. The lowest BCUT2D eigenvalue weighted by Gasteiger charge is -2.20. The minimum atomic E-state index is -0.0656. The van der Waals surface area contributed by atoms with Crippen molar-refractivity contribution in [2.24, 2.45) is 5.84 Å². The van der Waals surface area contributed by atoms with Crippen LogP contribution in [0.25, 0.3) is 10.8 Å². The van der Waals surface area contributed by atoms with Gasteiger partial charge in [0, 0.05) is 23.3 Å². The van der Waals surface area contributed by atoms with E-state index in [-0.39, 0.29) is 6.04 Å². The van der Waals surface area contributed by atoms with E-state index in [1.54, 1.807) is 0 Å². The quantitative estimate of drug-likeness (QED) is 0.570. The Morgan fingerprint density at radius 2 is 1.81 bits per heavy atom. The van der Waals surface area contributed by atoms with E-state index in [4.69, 9.17) is 5.84 Å². The van der Waals surface area contributed by atoms with Gasteiger partial charge in [0.05, 0.1) is 6.04 Å². The second kappa shape index (κ2) is 5.64. The molecule has 3 N–H and O–H groups in total. The van der Waals surface area contributed by atoms with Gasteiger partial charge >= 0.3 is 0 Å². The van der Waals surface area contributed by atoms with E-state index in [1.165, 1.54) is 22.1 Å². The van der Waals surface area contributed by atoms with Crippen LogP contribution in [0.5, 0.6) is 0 Å². The number of hydrogen-bond acceptors (Lipinski definition) is 3. The molecule has 1 heterocycles. The van der Waals surface area contributed by atoms with Gasteiger partial charge in [0.15, 0.2) is 0 Å². The van der Waals surface area contributed by atoms with E-state index in [9.17, 15) is 0 Å². The van der Waals surface area contributed by atoms with Crippen LogP contribution in [-0.4, -0.2) is 4.98 Å². The average molecular weight is 277 g/mol. The summed E-state index contributed by atoms with van der Waals surface area (Å²) >= 11 is 0. The number of hydrazine groups is 1. The van der Waals surface area contributed by atoms with E-state index < -0.39 is 0 Å². The molecule has 1 aromatic heterocycles. The lowest BCUT2D eigenvalue weighted by atomic mass is 9.92. The first kappa shape index (κ1) is 13.7. The molecular formula is C18H19N3. The Kier molecular flexibility index (Phi) is 3.69. The van der Waals surface area contributed by atoms with Gasteiger partial charge in [-0.2, -0.15) is 0 Å². The summed E-state index contributed by atoms with van der Waals surface area (Å²) < 4.78 is 0. The molecule has 0 saturated heterocycles. The van der Waals surface area contributed by atoms with Crippen LogP contribution in [0.1, 0.15) is 28.3 Å². The molecule has 0 amide bonds. The summed E-state index contributed by atoms with van der Waals surface area (Å²) in [5.74, 6) is 5.86. The fourth-order valence-electron chi connectivity index (χ4n) is 2.87. The van der Waals surface area contributed by atoms with Crippen LogP contribution < -0.4 is 11.3 Å². The van der Waals surface area contributed by atoms with Crippen molar-refractivity contribution >= 4 is 10.8 Å². The molecule has 21 heavy (non-hydrogen) atoms. The number of nitrogens with two attached hydrogens (primary N) is 1. The van der Waals surface area contributed by atoms with E-state index in [1.807, 2.05) is 24.5 Å². The molecule has 3 heteroatoms. The molecule has 0 spiro atoms. The third-order valence-electron chi connectivity index (χ3n) is 3.91. The molecule has 3 rings (SSSR count). The van der Waals surface area contributed by atoms with Gasteiger partial charge in [-0.1, -0.05) is 48.0 Å². The zero-order chi connectivity index (χ0) is 14.8. The zero-order valence-electron chi connectivity index (χ0n) is 12.3. The van der Waals surface area contributed by atoms with E-state index in [0.717, 1.165) is 10.9 Å². The summed E-state index contributed by atoms with van der Waals surface area (Å²) in [7, 11) is 0. The largest absolute Gasteiger partial charge is 0.271 e. The highest BCUT2D eigenvalue weighted by molar-refractivity contribution is 5.85. The fraction of sp³-hybridized carbons (Fsp3) is 0.167. The van der Waals surface area contributed by atoms with Gasteiger partial charge in [0.25, 0.3) is 0 Å². The Bertz CT molecular complexity index is 775. The van der Waals surface area contributed by atoms with Crippen molar-refractivity contribution in [3.63, 3.8) is 0 Å². The second-order valence-corrected chi connectivity index (χ2v) is 5.41. The second-order valence-electron chi connectivity index (χ2n) is 5.41. The molecule has 1 atom stereocenters. The molecule has 3 nitrogen and oxygen atoms in total. The normalized spacial score (nSPS) is 12.5. The summed E-state index contributed by atoms with van der Waals surface area (Å²) in [5, 5.41) is 2.30. The number of pyridine rings is 1. The Balaban J connectivity index is 2.18. The van der Waals surface area contributed by atoms with E-state index in [0.29, 0.717) is 0 Å². The van der Waals surface area contributed by atoms with Crippen molar-refractivity contribution in [1.82, 2.24) is 10.4 Å². The van der Waals surface area contributed by atoms with Crippen molar-refractivity contribution < 1.29 is 0 Å². The number of rotatable bonds is 3. The number of nitrogens with one attached hydrogen (secondary N) is 1. The molecule has 0 aliphatic carbocycles. The van der Waals surface area contributed by atoms with Crippen LogP contribution in [0.3, 0.4) is 0 Å². The zero-order valence-corrected chi connectivity index (χ0v) is 12.3. The first-order valence-corrected chi connectivity index (χ1v) is 7.06. The maximum atomic E-state index is 5.86. The Labute approximate surface area is 124 Å². The molecule has 0 aliphatic heterocycles. The third kappa shape index (κ3) is 2.53. The van der Waals surface area contributed by atoms with Crippen LogP contribution in [0.15, 0.2) is 54.9 Å². The maximum Gasteiger partial charge on any atom is 0.0733 e. The van der Waals surface area contributed by atoms with Crippen LogP contribution >= 0.6 is 0 Å². The van der Waals surface area contributed by atoms with Gasteiger partial charge < -0.3 is 0 Å². The van der Waals surface area contributed by atoms with Gasteiger partial charge in [-0.15, -0.1) is 0 Å². The summed E-state index contributed by atoms with van der Waals surface area (Å²) in [5.41, 5.74) is 7.71. The molecule has 2 aromatic carbocycles. The fourth-order valence-corrected chi connectivity index (χ4v) is 2.87. The van der Waals surface area contributed by atoms with Gasteiger partial charge in [0.1, 0.15) is 0 Å².